The van der Waals surface area contributed by atoms with E-state index in [9.17, 15) is 4.39 Å². The Morgan fingerprint density at radius 3 is 2.70 bits per heavy atom. The molecule has 1 aromatic heterocycles. The molecule has 6 heteroatoms. The Bertz CT molecular complexity index is 831. The highest BCUT2D eigenvalue weighted by molar-refractivity contribution is 6.31. The maximum Gasteiger partial charge on any atom is 0.222 e. The molecule has 1 aliphatic heterocycles. The van der Waals surface area contributed by atoms with Crippen LogP contribution in [0.3, 0.4) is 0 Å². The first-order chi connectivity index (χ1) is 11.2. The van der Waals surface area contributed by atoms with E-state index in [0.717, 1.165) is 17.5 Å². The standard InChI is InChI=1S/C17H14ClFN4/c18-14-4-2-1-3-13(14)16-9-15(11-5-7-12(19)8-6-11)22-17-20-10-21-23(16)17/h1-8,10,15-16H,9H2,(H,20,21,22)/t15-,16+/m0/s1. The number of halogens is 2. The topological polar surface area (TPSA) is 42.7 Å². The number of hydrogen-bond acceptors (Lipinski definition) is 3. The molecule has 4 rings (SSSR count). The minimum Gasteiger partial charge on any atom is -0.348 e. The van der Waals surface area contributed by atoms with Gasteiger partial charge in [-0.3, -0.25) is 0 Å². The molecule has 2 heterocycles. The second-order valence-corrected chi connectivity index (χ2v) is 5.96. The molecule has 2 atom stereocenters. The summed E-state index contributed by atoms with van der Waals surface area (Å²) in [5.74, 6) is 0.450. The Kier molecular flexibility index (Phi) is 3.50. The fraction of sp³-hybridized carbons (Fsp3) is 0.176. The van der Waals surface area contributed by atoms with Crippen molar-refractivity contribution in [1.82, 2.24) is 14.8 Å². The van der Waals surface area contributed by atoms with Crippen LogP contribution in [0.2, 0.25) is 5.02 Å². The van der Waals surface area contributed by atoms with E-state index >= 15 is 0 Å². The minimum atomic E-state index is -0.240. The summed E-state index contributed by atoms with van der Waals surface area (Å²) < 4.78 is 15.0. The van der Waals surface area contributed by atoms with Gasteiger partial charge in [0.2, 0.25) is 5.95 Å². The quantitative estimate of drug-likeness (QED) is 0.766. The molecule has 0 unspecified atom stereocenters. The molecule has 0 spiro atoms. The average Bonchev–Trinajstić information content (AvgIpc) is 3.04. The molecular formula is C17H14ClFN4. The zero-order valence-corrected chi connectivity index (χ0v) is 12.9. The van der Waals surface area contributed by atoms with Crippen LogP contribution in [0.15, 0.2) is 54.9 Å². The van der Waals surface area contributed by atoms with Gasteiger partial charge in [-0.25, -0.2) is 9.07 Å². The van der Waals surface area contributed by atoms with E-state index in [1.165, 1.54) is 18.5 Å². The van der Waals surface area contributed by atoms with Crippen molar-refractivity contribution in [3.8, 4) is 0 Å². The zero-order valence-electron chi connectivity index (χ0n) is 12.2. The summed E-state index contributed by atoms with van der Waals surface area (Å²) in [4.78, 5) is 4.28. The van der Waals surface area contributed by atoms with Crippen LogP contribution in [0.25, 0.3) is 0 Å². The highest BCUT2D eigenvalue weighted by atomic mass is 35.5. The number of rotatable bonds is 2. The summed E-state index contributed by atoms with van der Waals surface area (Å²) in [6, 6.07) is 14.3. The normalized spacial score (nSPS) is 19.9. The maximum absolute atomic E-state index is 13.2. The van der Waals surface area contributed by atoms with Crippen LogP contribution >= 0.6 is 11.6 Å². The van der Waals surface area contributed by atoms with Crippen molar-refractivity contribution in [2.75, 3.05) is 5.32 Å². The van der Waals surface area contributed by atoms with Gasteiger partial charge in [0, 0.05) is 5.02 Å². The van der Waals surface area contributed by atoms with Gasteiger partial charge < -0.3 is 5.32 Å². The second kappa shape index (κ2) is 5.66. The molecule has 1 aliphatic rings. The number of fused-ring (bicyclic) bond motifs is 1. The van der Waals surface area contributed by atoms with Crippen LogP contribution in [-0.2, 0) is 0 Å². The van der Waals surface area contributed by atoms with Crippen LogP contribution in [0.4, 0.5) is 10.3 Å². The van der Waals surface area contributed by atoms with E-state index in [-0.39, 0.29) is 17.9 Å². The molecule has 0 amide bonds. The average molecular weight is 329 g/mol. The number of benzene rings is 2. The molecule has 0 aliphatic carbocycles. The van der Waals surface area contributed by atoms with E-state index in [2.05, 4.69) is 15.4 Å². The summed E-state index contributed by atoms with van der Waals surface area (Å²) in [6.45, 7) is 0. The third-order valence-corrected chi connectivity index (χ3v) is 4.51. The first-order valence-corrected chi connectivity index (χ1v) is 7.76. The van der Waals surface area contributed by atoms with Crippen molar-refractivity contribution in [1.29, 1.82) is 0 Å². The van der Waals surface area contributed by atoms with E-state index in [0.29, 0.717) is 11.0 Å². The maximum atomic E-state index is 13.2. The Labute approximate surface area is 137 Å². The van der Waals surface area contributed by atoms with Crippen LogP contribution in [0.5, 0.6) is 0 Å². The van der Waals surface area contributed by atoms with Crippen LogP contribution in [0, 0.1) is 5.82 Å². The van der Waals surface area contributed by atoms with Gasteiger partial charge >= 0.3 is 0 Å². The molecule has 2 aromatic carbocycles. The third-order valence-electron chi connectivity index (χ3n) is 4.17. The molecule has 0 fully saturated rings. The van der Waals surface area contributed by atoms with Gasteiger partial charge in [0.1, 0.15) is 12.1 Å². The van der Waals surface area contributed by atoms with Crippen molar-refractivity contribution in [3.05, 3.63) is 76.8 Å². The number of nitrogens with one attached hydrogen (secondary N) is 1. The Balaban J connectivity index is 1.75. The van der Waals surface area contributed by atoms with Crippen LogP contribution in [0.1, 0.15) is 29.6 Å². The highest BCUT2D eigenvalue weighted by Gasteiger charge is 2.30. The first kappa shape index (κ1) is 14.2. The lowest BCUT2D eigenvalue weighted by Crippen LogP contribution is -2.28. The highest BCUT2D eigenvalue weighted by Crippen LogP contribution is 2.39. The van der Waals surface area contributed by atoms with Gasteiger partial charge in [-0.1, -0.05) is 41.9 Å². The number of hydrogen-bond donors (Lipinski definition) is 1. The molecule has 0 saturated carbocycles. The fourth-order valence-corrected chi connectivity index (χ4v) is 3.30. The molecule has 1 N–H and O–H groups in total. The van der Waals surface area contributed by atoms with Crippen molar-refractivity contribution < 1.29 is 4.39 Å². The fourth-order valence-electron chi connectivity index (χ4n) is 3.04. The second-order valence-electron chi connectivity index (χ2n) is 5.55. The van der Waals surface area contributed by atoms with Crippen LogP contribution in [-0.4, -0.2) is 14.8 Å². The largest absolute Gasteiger partial charge is 0.348 e. The van der Waals surface area contributed by atoms with E-state index in [1.807, 2.05) is 28.9 Å². The van der Waals surface area contributed by atoms with Crippen LogP contribution < -0.4 is 5.32 Å². The predicted octanol–water partition coefficient (Wildman–Crippen LogP) is 4.22. The summed E-state index contributed by atoms with van der Waals surface area (Å²) in [7, 11) is 0. The predicted molar refractivity (Wildman–Crippen MR) is 87.0 cm³/mol. The Hall–Kier alpha value is -2.40. The number of nitrogens with zero attached hydrogens (tertiary/aromatic N) is 3. The lowest BCUT2D eigenvalue weighted by atomic mass is 9.93. The number of aromatic nitrogens is 3. The monoisotopic (exact) mass is 328 g/mol. The Morgan fingerprint density at radius 1 is 1.13 bits per heavy atom. The van der Waals surface area contributed by atoms with Crippen molar-refractivity contribution >= 4 is 17.5 Å². The molecule has 3 aromatic rings. The van der Waals surface area contributed by atoms with E-state index in [1.54, 1.807) is 12.1 Å². The minimum absolute atomic E-state index is 0.0162. The van der Waals surface area contributed by atoms with Gasteiger partial charge in [-0.15, -0.1) is 0 Å². The zero-order chi connectivity index (χ0) is 15.8. The SMILES string of the molecule is Fc1ccc([C@@H]2C[C@H](c3ccccc3Cl)n3ncnc3N2)cc1. The van der Waals surface area contributed by atoms with E-state index < -0.39 is 0 Å². The third kappa shape index (κ3) is 2.57. The molecule has 0 bridgehead atoms. The molecule has 0 saturated heterocycles. The van der Waals surface area contributed by atoms with E-state index in [4.69, 9.17) is 11.6 Å². The lowest BCUT2D eigenvalue weighted by Gasteiger charge is -2.32. The first-order valence-electron chi connectivity index (χ1n) is 7.38. The summed E-state index contributed by atoms with van der Waals surface area (Å²) >= 11 is 6.37. The number of anilines is 1. The van der Waals surface area contributed by atoms with Crippen molar-refractivity contribution in [2.24, 2.45) is 0 Å². The van der Waals surface area contributed by atoms with Crippen molar-refractivity contribution in [2.45, 2.75) is 18.5 Å². The summed E-state index contributed by atoms with van der Waals surface area (Å²) in [5, 5.41) is 8.39. The van der Waals surface area contributed by atoms with Crippen molar-refractivity contribution in [3.63, 3.8) is 0 Å². The molecule has 116 valence electrons. The van der Waals surface area contributed by atoms with Gasteiger partial charge in [-0.05, 0) is 35.7 Å². The lowest BCUT2D eigenvalue weighted by molar-refractivity contribution is 0.430. The van der Waals surface area contributed by atoms with Gasteiger partial charge in [-0.2, -0.15) is 10.1 Å². The van der Waals surface area contributed by atoms with Gasteiger partial charge in [0.05, 0.1) is 12.1 Å². The molecular weight excluding hydrogens is 315 g/mol. The Morgan fingerprint density at radius 2 is 1.91 bits per heavy atom. The molecule has 23 heavy (non-hydrogen) atoms. The summed E-state index contributed by atoms with van der Waals surface area (Å²) in [6.07, 6.45) is 2.28. The van der Waals surface area contributed by atoms with Gasteiger partial charge in [0.15, 0.2) is 0 Å². The van der Waals surface area contributed by atoms with Gasteiger partial charge in [0.25, 0.3) is 0 Å². The molecule has 4 nitrogen and oxygen atoms in total. The molecule has 0 radical (unpaired) electrons. The summed E-state index contributed by atoms with van der Waals surface area (Å²) in [5.41, 5.74) is 2.02. The smallest absolute Gasteiger partial charge is 0.222 e.